The summed E-state index contributed by atoms with van der Waals surface area (Å²) < 4.78 is 27.8. The van der Waals surface area contributed by atoms with E-state index >= 15 is 0 Å². The quantitative estimate of drug-likeness (QED) is 0.807. The van der Waals surface area contributed by atoms with E-state index in [4.69, 9.17) is 11.6 Å². The Morgan fingerprint density at radius 3 is 2.65 bits per heavy atom. The van der Waals surface area contributed by atoms with Crippen molar-refractivity contribution in [3.63, 3.8) is 0 Å². The molecule has 0 bridgehead atoms. The molecule has 122 valence electrons. The molecule has 2 aromatic carbocycles. The van der Waals surface area contributed by atoms with Gasteiger partial charge in [-0.25, -0.2) is 8.42 Å². The standard InChI is InChI=1S/C17H18ClNO2S2/c1-12-6-7-16(13(2)10-12)23(20,21)19-8-9-22-17(19)14-4-3-5-15(18)11-14/h3-7,10-11,17H,8-9H2,1-2H3. The van der Waals surface area contributed by atoms with Crippen LogP contribution in [0.25, 0.3) is 0 Å². The lowest BCUT2D eigenvalue weighted by atomic mass is 10.2. The Hall–Kier alpha value is -1.01. The maximum atomic E-state index is 13.1. The van der Waals surface area contributed by atoms with E-state index in [1.54, 1.807) is 28.2 Å². The number of benzene rings is 2. The van der Waals surface area contributed by atoms with Gasteiger partial charge < -0.3 is 0 Å². The largest absolute Gasteiger partial charge is 0.244 e. The van der Waals surface area contributed by atoms with E-state index in [1.165, 1.54) is 0 Å². The molecule has 23 heavy (non-hydrogen) atoms. The molecule has 3 rings (SSSR count). The van der Waals surface area contributed by atoms with Gasteiger partial charge in [0, 0.05) is 17.3 Å². The second-order valence-electron chi connectivity index (χ2n) is 5.66. The van der Waals surface area contributed by atoms with Crippen molar-refractivity contribution < 1.29 is 8.42 Å². The summed E-state index contributed by atoms with van der Waals surface area (Å²) in [7, 11) is -3.53. The first kappa shape index (κ1) is 16.8. The Morgan fingerprint density at radius 1 is 1.17 bits per heavy atom. The minimum absolute atomic E-state index is 0.223. The third-order valence-corrected chi connectivity index (χ3v) is 7.55. The van der Waals surface area contributed by atoms with Crippen LogP contribution in [0, 0.1) is 13.8 Å². The number of nitrogens with zero attached hydrogens (tertiary/aromatic N) is 1. The summed E-state index contributed by atoms with van der Waals surface area (Å²) in [6.07, 6.45) is 0. The lowest BCUT2D eigenvalue weighted by Gasteiger charge is -2.24. The van der Waals surface area contributed by atoms with Crippen LogP contribution in [0.2, 0.25) is 5.02 Å². The average Bonchev–Trinajstić information content (AvgIpc) is 2.97. The van der Waals surface area contributed by atoms with Crippen LogP contribution in [0.5, 0.6) is 0 Å². The number of rotatable bonds is 3. The van der Waals surface area contributed by atoms with Gasteiger partial charge in [0.25, 0.3) is 0 Å². The summed E-state index contributed by atoms with van der Waals surface area (Å²) in [6.45, 7) is 4.32. The highest BCUT2D eigenvalue weighted by atomic mass is 35.5. The van der Waals surface area contributed by atoms with E-state index in [0.717, 1.165) is 22.4 Å². The molecule has 1 aliphatic heterocycles. The molecule has 0 spiro atoms. The van der Waals surface area contributed by atoms with Crippen molar-refractivity contribution in [1.82, 2.24) is 4.31 Å². The van der Waals surface area contributed by atoms with Gasteiger partial charge in [-0.05, 0) is 43.2 Å². The van der Waals surface area contributed by atoms with Crippen LogP contribution in [0.15, 0.2) is 47.4 Å². The highest BCUT2D eigenvalue weighted by Crippen LogP contribution is 2.42. The summed E-state index contributed by atoms with van der Waals surface area (Å²) in [5, 5.41) is 0.401. The van der Waals surface area contributed by atoms with Crippen molar-refractivity contribution in [2.24, 2.45) is 0 Å². The second kappa shape index (κ2) is 6.48. The summed E-state index contributed by atoms with van der Waals surface area (Å²) >= 11 is 7.70. The van der Waals surface area contributed by atoms with E-state index < -0.39 is 10.0 Å². The van der Waals surface area contributed by atoms with Crippen molar-refractivity contribution >= 4 is 33.4 Å². The third kappa shape index (κ3) is 3.29. The van der Waals surface area contributed by atoms with Crippen LogP contribution in [0.1, 0.15) is 22.1 Å². The zero-order valence-corrected chi connectivity index (χ0v) is 15.4. The Bertz CT molecular complexity index is 836. The highest BCUT2D eigenvalue weighted by Gasteiger charge is 2.37. The molecular formula is C17H18ClNO2S2. The highest BCUT2D eigenvalue weighted by molar-refractivity contribution is 8.01. The van der Waals surface area contributed by atoms with Crippen molar-refractivity contribution in [1.29, 1.82) is 0 Å². The molecular weight excluding hydrogens is 350 g/mol. The molecule has 3 nitrogen and oxygen atoms in total. The lowest BCUT2D eigenvalue weighted by Crippen LogP contribution is -2.31. The molecule has 0 saturated carbocycles. The molecule has 2 aromatic rings. The first-order chi connectivity index (χ1) is 10.9. The van der Waals surface area contributed by atoms with Crippen LogP contribution >= 0.6 is 23.4 Å². The van der Waals surface area contributed by atoms with E-state index in [1.807, 2.05) is 44.2 Å². The average molecular weight is 368 g/mol. The summed E-state index contributed by atoms with van der Waals surface area (Å²) in [4.78, 5) is 0.387. The van der Waals surface area contributed by atoms with Gasteiger partial charge in [-0.1, -0.05) is 41.4 Å². The van der Waals surface area contributed by atoms with E-state index in [0.29, 0.717) is 16.5 Å². The van der Waals surface area contributed by atoms with Gasteiger partial charge in [-0.15, -0.1) is 11.8 Å². The molecule has 1 heterocycles. The van der Waals surface area contributed by atoms with Crippen LogP contribution < -0.4 is 0 Å². The lowest BCUT2D eigenvalue weighted by molar-refractivity contribution is 0.434. The topological polar surface area (TPSA) is 37.4 Å². The van der Waals surface area contributed by atoms with Gasteiger partial charge in [-0.3, -0.25) is 0 Å². The maximum Gasteiger partial charge on any atom is 0.244 e. The fourth-order valence-corrected chi connectivity index (χ4v) is 6.48. The molecule has 1 unspecified atom stereocenters. The second-order valence-corrected chi connectivity index (χ2v) is 9.15. The van der Waals surface area contributed by atoms with Crippen molar-refractivity contribution in [2.75, 3.05) is 12.3 Å². The molecule has 0 aromatic heterocycles. The van der Waals surface area contributed by atoms with Crippen LogP contribution in [-0.4, -0.2) is 25.0 Å². The Kier molecular flexibility index (Phi) is 4.74. The smallest absolute Gasteiger partial charge is 0.207 e. The van der Waals surface area contributed by atoms with E-state index in [-0.39, 0.29) is 5.37 Å². The van der Waals surface area contributed by atoms with Crippen LogP contribution in [0.4, 0.5) is 0 Å². The van der Waals surface area contributed by atoms with Gasteiger partial charge in [0.1, 0.15) is 0 Å². The summed E-state index contributed by atoms with van der Waals surface area (Å²) in [5.74, 6) is 0.779. The number of sulfonamides is 1. The normalized spacial score (nSPS) is 19.2. The zero-order valence-electron chi connectivity index (χ0n) is 13.0. The fraction of sp³-hybridized carbons (Fsp3) is 0.294. The number of halogens is 1. The first-order valence-corrected chi connectivity index (χ1v) is 10.2. The third-order valence-electron chi connectivity index (χ3n) is 3.90. The predicted octanol–water partition coefficient (Wildman–Crippen LogP) is 4.39. The van der Waals surface area contributed by atoms with Gasteiger partial charge in [0.2, 0.25) is 10.0 Å². The maximum absolute atomic E-state index is 13.1. The van der Waals surface area contributed by atoms with Crippen molar-refractivity contribution in [3.8, 4) is 0 Å². The molecule has 0 amide bonds. The molecule has 1 atom stereocenters. The van der Waals surface area contributed by atoms with Crippen LogP contribution in [-0.2, 0) is 10.0 Å². The van der Waals surface area contributed by atoms with Crippen molar-refractivity contribution in [3.05, 3.63) is 64.2 Å². The molecule has 1 aliphatic rings. The molecule has 0 aliphatic carbocycles. The Balaban J connectivity index is 2.01. The van der Waals surface area contributed by atoms with E-state index in [9.17, 15) is 8.42 Å². The molecule has 1 saturated heterocycles. The fourth-order valence-electron chi connectivity index (χ4n) is 2.84. The molecule has 0 radical (unpaired) electrons. The van der Waals surface area contributed by atoms with Gasteiger partial charge >= 0.3 is 0 Å². The van der Waals surface area contributed by atoms with Crippen molar-refractivity contribution in [2.45, 2.75) is 24.1 Å². The van der Waals surface area contributed by atoms with Gasteiger partial charge in [-0.2, -0.15) is 4.31 Å². The Labute approximate surface area is 146 Å². The zero-order chi connectivity index (χ0) is 16.6. The number of hydrogen-bond donors (Lipinski definition) is 0. The SMILES string of the molecule is Cc1ccc(S(=O)(=O)N2CCSC2c2cccc(Cl)c2)c(C)c1. The summed E-state index contributed by atoms with van der Waals surface area (Å²) in [6, 6.07) is 12.9. The summed E-state index contributed by atoms with van der Waals surface area (Å²) in [5.41, 5.74) is 2.77. The molecule has 6 heteroatoms. The van der Waals surface area contributed by atoms with Gasteiger partial charge in [0.15, 0.2) is 0 Å². The first-order valence-electron chi connectivity index (χ1n) is 7.36. The molecule has 0 N–H and O–H groups in total. The van der Waals surface area contributed by atoms with E-state index in [2.05, 4.69) is 0 Å². The Morgan fingerprint density at radius 2 is 1.96 bits per heavy atom. The number of thioether (sulfide) groups is 1. The van der Waals surface area contributed by atoms with Gasteiger partial charge in [0.05, 0.1) is 10.3 Å². The minimum atomic E-state index is -3.53. The number of hydrogen-bond acceptors (Lipinski definition) is 3. The predicted molar refractivity (Wildman–Crippen MR) is 96.5 cm³/mol. The van der Waals surface area contributed by atoms with Crippen LogP contribution in [0.3, 0.4) is 0 Å². The monoisotopic (exact) mass is 367 g/mol. The molecule has 1 fully saturated rings. The minimum Gasteiger partial charge on any atom is -0.207 e. The number of aryl methyl sites for hydroxylation is 2.